The van der Waals surface area contributed by atoms with Gasteiger partial charge in [0.1, 0.15) is 0 Å². The monoisotopic (exact) mass is 345 g/mol. The van der Waals surface area contributed by atoms with Crippen molar-refractivity contribution in [3.63, 3.8) is 0 Å². The molecule has 3 heteroatoms. The fraction of sp³-hybridized carbons (Fsp3) is 0.950. The lowest BCUT2D eigenvalue weighted by atomic mass is 10.0. The quantitative estimate of drug-likeness (QED) is 0.294. The summed E-state index contributed by atoms with van der Waals surface area (Å²) in [7, 11) is 3.68. The molecule has 0 saturated heterocycles. The third-order valence-corrected chi connectivity index (χ3v) is 4.49. The minimum Gasteiger partial charge on any atom is -0.349 e. The van der Waals surface area contributed by atoms with Crippen molar-refractivity contribution in [1.82, 2.24) is 4.90 Å². The van der Waals surface area contributed by atoms with Gasteiger partial charge in [0, 0.05) is 20.5 Å². The van der Waals surface area contributed by atoms with E-state index in [0.717, 1.165) is 12.8 Å². The van der Waals surface area contributed by atoms with Crippen LogP contribution in [0.15, 0.2) is 0 Å². The maximum Gasteiger partial charge on any atom is 0.222 e. The molecule has 0 fully saturated rings. The molecule has 1 amide bonds. The van der Waals surface area contributed by atoms with Crippen LogP contribution in [0.3, 0.4) is 0 Å². The number of nitrogens with zero attached hydrogens (tertiary/aromatic N) is 1. The maximum absolute atomic E-state index is 11.4. The van der Waals surface area contributed by atoms with Crippen molar-refractivity contribution in [1.29, 1.82) is 0 Å². The molecule has 0 aliphatic rings. The Balaban J connectivity index is 0. The van der Waals surface area contributed by atoms with Crippen LogP contribution < -0.4 is 0 Å². The van der Waals surface area contributed by atoms with Crippen LogP contribution in [0.1, 0.15) is 110 Å². The molecule has 0 radical (unpaired) electrons. The van der Waals surface area contributed by atoms with Crippen molar-refractivity contribution in [3.8, 4) is 0 Å². The van der Waals surface area contributed by atoms with Gasteiger partial charge in [-0.1, -0.05) is 96.8 Å². The Morgan fingerprint density at radius 2 is 0.913 bits per heavy atom. The minimum absolute atomic E-state index is 0. The van der Waals surface area contributed by atoms with E-state index in [0.29, 0.717) is 0 Å². The highest BCUT2D eigenvalue weighted by Gasteiger charge is 2.02. The summed E-state index contributed by atoms with van der Waals surface area (Å²) in [6.45, 7) is 2.28. The summed E-state index contributed by atoms with van der Waals surface area (Å²) in [5, 5.41) is 0. The van der Waals surface area contributed by atoms with Crippen LogP contribution in [0.4, 0.5) is 0 Å². The molecule has 0 aromatic heterocycles. The van der Waals surface area contributed by atoms with Crippen LogP contribution in [0.25, 0.3) is 0 Å². The Labute approximate surface area is 153 Å². The number of amides is 1. The molecule has 0 atom stereocenters. The molecule has 2 nitrogen and oxygen atoms in total. The van der Waals surface area contributed by atoms with Gasteiger partial charge in [-0.05, 0) is 6.42 Å². The molecule has 0 spiro atoms. The van der Waals surface area contributed by atoms with E-state index in [1.54, 1.807) is 4.90 Å². The van der Waals surface area contributed by atoms with Gasteiger partial charge in [0.2, 0.25) is 5.91 Å². The summed E-state index contributed by atoms with van der Waals surface area (Å²) in [4.78, 5) is 13.1. The average Bonchev–Trinajstić information content (AvgIpc) is 2.50. The third kappa shape index (κ3) is 19.8. The van der Waals surface area contributed by atoms with Crippen LogP contribution in [0.2, 0.25) is 0 Å². The van der Waals surface area contributed by atoms with E-state index in [2.05, 4.69) is 6.92 Å². The van der Waals surface area contributed by atoms with E-state index in [1.807, 2.05) is 14.1 Å². The molecular formula is C20H43NOS. The molecule has 0 bridgehead atoms. The summed E-state index contributed by atoms with van der Waals surface area (Å²) in [5.74, 6) is 0.273. The first-order valence-electron chi connectivity index (χ1n) is 9.88. The van der Waals surface area contributed by atoms with E-state index >= 15 is 0 Å². The van der Waals surface area contributed by atoms with Crippen molar-refractivity contribution < 1.29 is 4.79 Å². The van der Waals surface area contributed by atoms with Gasteiger partial charge in [-0.3, -0.25) is 4.79 Å². The molecular weight excluding hydrogens is 302 g/mol. The highest BCUT2D eigenvalue weighted by molar-refractivity contribution is 7.59. The second kappa shape index (κ2) is 19.9. The van der Waals surface area contributed by atoms with E-state index in [4.69, 9.17) is 0 Å². The fourth-order valence-corrected chi connectivity index (χ4v) is 2.87. The van der Waals surface area contributed by atoms with Gasteiger partial charge in [-0.15, -0.1) is 0 Å². The number of carbonyl (C=O) groups is 1. The molecule has 0 rings (SSSR count). The van der Waals surface area contributed by atoms with E-state index in [9.17, 15) is 4.79 Å². The first-order valence-corrected chi connectivity index (χ1v) is 9.88. The molecule has 23 heavy (non-hydrogen) atoms. The van der Waals surface area contributed by atoms with Crippen molar-refractivity contribution in [3.05, 3.63) is 0 Å². The Morgan fingerprint density at radius 3 is 1.22 bits per heavy atom. The number of hydrogen-bond donors (Lipinski definition) is 0. The Bertz CT molecular complexity index is 244. The standard InChI is InChI=1S/C20H41NO.H2S/c1-4-5-6-7-8-9-10-11-12-13-14-15-16-17-18-19-20(22)21(2)3;/h4-19H2,1-3H3;1H2. The lowest BCUT2D eigenvalue weighted by molar-refractivity contribution is -0.128. The number of hydrogen-bond acceptors (Lipinski definition) is 1. The van der Waals surface area contributed by atoms with Gasteiger partial charge >= 0.3 is 0 Å². The second-order valence-corrected chi connectivity index (χ2v) is 6.99. The topological polar surface area (TPSA) is 20.3 Å². The lowest BCUT2D eigenvalue weighted by Gasteiger charge is -2.09. The number of unbranched alkanes of at least 4 members (excludes halogenated alkanes) is 14. The van der Waals surface area contributed by atoms with Crippen LogP contribution in [-0.2, 0) is 4.79 Å². The predicted octanol–water partition coefficient (Wildman–Crippen LogP) is 6.45. The van der Waals surface area contributed by atoms with E-state index in [-0.39, 0.29) is 19.4 Å². The highest BCUT2D eigenvalue weighted by Crippen LogP contribution is 2.13. The molecule has 0 heterocycles. The summed E-state index contributed by atoms with van der Waals surface area (Å²) >= 11 is 0. The molecule has 0 unspecified atom stereocenters. The van der Waals surface area contributed by atoms with Crippen molar-refractivity contribution >= 4 is 19.4 Å². The maximum atomic E-state index is 11.4. The molecule has 140 valence electrons. The Kier molecular flexibility index (Phi) is 21.6. The molecule has 0 aliphatic carbocycles. The summed E-state index contributed by atoms with van der Waals surface area (Å²) < 4.78 is 0. The molecule has 0 saturated carbocycles. The van der Waals surface area contributed by atoms with Gasteiger partial charge < -0.3 is 4.90 Å². The van der Waals surface area contributed by atoms with E-state index < -0.39 is 0 Å². The van der Waals surface area contributed by atoms with Crippen LogP contribution in [-0.4, -0.2) is 24.9 Å². The smallest absolute Gasteiger partial charge is 0.222 e. The molecule has 0 aromatic carbocycles. The minimum atomic E-state index is 0. The van der Waals surface area contributed by atoms with Crippen LogP contribution >= 0.6 is 13.5 Å². The first-order chi connectivity index (χ1) is 10.7. The van der Waals surface area contributed by atoms with Crippen molar-refractivity contribution in [2.75, 3.05) is 14.1 Å². The average molecular weight is 346 g/mol. The zero-order valence-electron chi connectivity index (χ0n) is 16.2. The van der Waals surface area contributed by atoms with Crippen molar-refractivity contribution in [2.24, 2.45) is 0 Å². The first kappa shape index (κ1) is 25.1. The van der Waals surface area contributed by atoms with E-state index in [1.165, 1.54) is 89.9 Å². The zero-order valence-corrected chi connectivity index (χ0v) is 17.2. The van der Waals surface area contributed by atoms with Gasteiger partial charge in [-0.25, -0.2) is 0 Å². The highest BCUT2D eigenvalue weighted by atomic mass is 32.1. The fourth-order valence-electron chi connectivity index (χ4n) is 2.87. The predicted molar refractivity (Wildman–Crippen MR) is 109 cm³/mol. The van der Waals surface area contributed by atoms with Crippen LogP contribution in [0.5, 0.6) is 0 Å². The Morgan fingerprint density at radius 1 is 0.609 bits per heavy atom. The second-order valence-electron chi connectivity index (χ2n) is 6.99. The largest absolute Gasteiger partial charge is 0.349 e. The van der Waals surface area contributed by atoms with Crippen LogP contribution in [0, 0.1) is 0 Å². The summed E-state index contributed by atoms with van der Waals surface area (Å²) in [6, 6.07) is 0. The normalized spacial score (nSPS) is 10.4. The number of carbonyl (C=O) groups excluding carboxylic acids is 1. The third-order valence-electron chi connectivity index (χ3n) is 4.49. The SMILES string of the molecule is CCCCCCCCCCCCCCCCCC(=O)N(C)C.S. The van der Waals surface area contributed by atoms with Gasteiger partial charge in [-0.2, -0.15) is 13.5 Å². The summed E-state index contributed by atoms with van der Waals surface area (Å²) in [6.07, 6.45) is 21.3. The van der Waals surface area contributed by atoms with Gasteiger partial charge in [0.05, 0.1) is 0 Å². The van der Waals surface area contributed by atoms with Gasteiger partial charge in [0.15, 0.2) is 0 Å². The zero-order chi connectivity index (χ0) is 16.5. The Hall–Kier alpha value is -0.180. The summed E-state index contributed by atoms with van der Waals surface area (Å²) in [5.41, 5.74) is 0. The number of rotatable bonds is 16. The molecule has 0 aliphatic heterocycles. The van der Waals surface area contributed by atoms with Crippen molar-refractivity contribution in [2.45, 2.75) is 110 Å². The van der Waals surface area contributed by atoms with Gasteiger partial charge in [0.25, 0.3) is 0 Å². The molecule has 0 aromatic rings. The lowest BCUT2D eigenvalue weighted by Crippen LogP contribution is -2.20. The molecule has 0 N–H and O–H groups in total.